The summed E-state index contributed by atoms with van der Waals surface area (Å²) in [4.78, 5) is 48.1. The van der Waals surface area contributed by atoms with Crippen molar-refractivity contribution < 1.29 is 32.4 Å². The topological polar surface area (TPSA) is 66.9 Å². The summed E-state index contributed by atoms with van der Waals surface area (Å²) in [6.07, 6.45) is -4.04. The number of hydrogen-bond donors (Lipinski definition) is 0. The van der Waals surface area contributed by atoms with Crippen LogP contribution in [0, 0.1) is 5.92 Å². The summed E-state index contributed by atoms with van der Waals surface area (Å²) in [7, 11) is 0. The quantitative estimate of drug-likeness (QED) is 0.490. The molecule has 2 aliphatic heterocycles. The Labute approximate surface area is 224 Å². The number of fused-ring (bicyclic) bond motifs is 1. The highest BCUT2D eigenvalue weighted by Crippen LogP contribution is 2.37. The van der Waals surface area contributed by atoms with E-state index in [0.29, 0.717) is 42.6 Å². The number of benzene rings is 2. The van der Waals surface area contributed by atoms with Crippen molar-refractivity contribution in [3.63, 3.8) is 0 Å². The summed E-state index contributed by atoms with van der Waals surface area (Å²) in [5, 5.41) is 0.428. The predicted octanol–water partition coefficient (Wildman–Crippen LogP) is 4.97. The number of piperidine rings is 1. The molecule has 1 saturated heterocycles. The SMILES string of the molecule is CC(C)N1CCC(C[N+]2(OC(=O)C(F)(F)F)C(=O)CN(C(=O)c3ccc(Cl)cc3)Cc3ccccc32)CC1. The summed E-state index contributed by atoms with van der Waals surface area (Å²) in [6.45, 7) is 4.84. The van der Waals surface area contributed by atoms with Gasteiger partial charge in [0.25, 0.3) is 5.91 Å². The molecule has 2 amide bonds. The van der Waals surface area contributed by atoms with Crippen LogP contribution < -0.4 is 4.65 Å². The van der Waals surface area contributed by atoms with Crippen molar-refractivity contribution in [1.29, 1.82) is 0 Å². The van der Waals surface area contributed by atoms with Gasteiger partial charge in [-0.25, -0.2) is 9.59 Å². The maximum absolute atomic E-state index is 13.9. The summed E-state index contributed by atoms with van der Waals surface area (Å²) < 4.78 is 39.2. The highest BCUT2D eigenvalue weighted by molar-refractivity contribution is 6.30. The Morgan fingerprint density at radius 2 is 1.68 bits per heavy atom. The fraction of sp³-hybridized carbons (Fsp3) is 0.444. The molecule has 2 aromatic rings. The minimum Gasteiger partial charge on any atom is -0.320 e. The maximum Gasteiger partial charge on any atom is 0.497 e. The monoisotopic (exact) mass is 552 g/mol. The van der Waals surface area contributed by atoms with Crippen molar-refractivity contribution in [2.24, 2.45) is 5.92 Å². The van der Waals surface area contributed by atoms with Gasteiger partial charge in [-0.05, 0) is 68.7 Å². The number of nitrogens with zero attached hydrogens (tertiary/aromatic N) is 3. The number of quaternary nitrogens is 1. The number of halogens is 4. The Bertz CT molecular complexity index is 1200. The average Bonchev–Trinajstić information content (AvgIpc) is 2.98. The molecule has 0 aliphatic carbocycles. The van der Waals surface area contributed by atoms with Crippen LogP contribution in [-0.2, 0) is 21.0 Å². The minimum atomic E-state index is -5.30. The third kappa shape index (κ3) is 5.87. The van der Waals surface area contributed by atoms with Gasteiger partial charge in [0.15, 0.2) is 5.69 Å². The maximum atomic E-state index is 13.9. The van der Waals surface area contributed by atoms with E-state index in [2.05, 4.69) is 18.7 Å². The van der Waals surface area contributed by atoms with E-state index in [0.717, 1.165) is 0 Å². The molecule has 7 nitrogen and oxygen atoms in total. The largest absolute Gasteiger partial charge is 0.497 e. The van der Waals surface area contributed by atoms with E-state index in [4.69, 9.17) is 16.4 Å². The molecule has 204 valence electrons. The number of carbonyl (C=O) groups is 3. The van der Waals surface area contributed by atoms with Crippen LogP contribution in [-0.4, -0.2) is 66.0 Å². The number of likely N-dealkylation sites (tertiary alicyclic amines) is 1. The molecular formula is C27H30ClF3N3O4+. The Kier molecular flexibility index (Phi) is 8.15. The van der Waals surface area contributed by atoms with Crippen LogP contribution in [0.15, 0.2) is 48.5 Å². The Balaban J connectivity index is 1.74. The number of amides is 2. The third-order valence-electron chi connectivity index (χ3n) is 7.21. The molecule has 0 radical (unpaired) electrons. The van der Waals surface area contributed by atoms with Crippen molar-refractivity contribution in [2.75, 3.05) is 26.2 Å². The molecule has 2 heterocycles. The minimum absolute atomic E-state index is 0.0429. The first-order chi connectivity index (χ1) is 17.9. The molecule has 0 aromatic heterocycles. The van der Waals surface area contributed by atoms with E-state index in [-0.39, 0.29) is 30.3 Å². The standard InChI is InChI=1S/C27H30ClF3N3O4/c1-18(2)32-13-11-19(12-14-32)17-34(38-26(37)27(29,30)31)23-6-4-3-5-21(23)15-33(16-24(34)35)25(36)20-7-9-22(28)10-8-20/h3-10,18-19H,11-17H2,1-2H3/q+1. The molecule has 1 fully saturated rings. The van der Waals surface area contributed by atoms with Gasteiger partial charge in [-0.1, -0.05) is 29.8 Å². The lowest BCUT2D eigenvalue weighted by atomic mass is 9.94. The zero-order valence-corrected chi connectivity index (χ0v) is 22.0. The van der Waals surface area contributed by atoms with Gasteiger partial charge in [0.1, 0.15) is 13.1 Å². The van der Waals surface area contributed by atoms with Gasteiger partial charge in [0.2, 0.25) is 0 Å². The molecular weight excluding hydrogens is 523 g/mol. The van der Waals surface area contributed by atoms with E-state index >= 15 is 0 Å². The molecule has 1 unspecified atom stereocenters. The van der Waals surface area contributed by atoms with Crippen molar-refractivity contribution >= 4 is 35.1 Å². The van der Waals surface area contributed by atoms with Crippen molar-refractivity contribution in [3.8, 4) is 0 Å². The van der Waals surface area contributed by atoms with Crippen LogP contribution in [0.4, 0.5) is 18.9 Å². The molecule has 0 spiro atoms. The summed E-state index contributed by atoms with van der Waals surface area (Å²) in [6, 6.07) is 12.8. The number of alkyl halides is 3. The highest BCUT2D eigenvalue weighted by atomic mass is 35.5. The molecule has 1 atom stereocenters. The molecule has 0 N–H and O–H groups in total. The molecule has 38 heavy (non-hydrogen) atoms. The third-order valence-corrected chi connectivity index (χ3v) is 7.47. The molecule has 2 aliphatic rings. The smallest absolute Gasteiger partial charge is 0.320 e. The van der Waals surface area contributed by atoms with Gasteiger partial charge < -0.3 is 9.80 Å². The second-order valence-corrected chi connectivity index (χ2v) is 10.5. The van der Waals surface area contributed by atoms with Crippen molar-refractivity contribution in [1.82, 2.24) is 14.4 Å². The summed E-state index contributed by atoms with van der Waals surface area (Å²) in [5.41, 5.74) is 0.830. The van der Waals surface area contributed by atoms with Gasteiger partial charge >= 0.3 is 18.1 Å². The van der Waals surface area contributed by atoms with E-state index in [9.17, 15) is 27.6 Å². The lowest BCUT2D eigenvalue weighted by molar-refractivity contribution is -0.235. The first-order valence-electron chi connectivity index (χ1n) is 12.5. The number of para-hydroxylation sites is 1. The van der Waals surface area contributed by atoms with Gasteiger partial charge in [0, 0.05) is 34.2 Å². The fourth-order valence-electron chi connectivity index (χ4n) is 5.14. The van der Waals surface area contributed by atoms with Gasteiger partial charge in [-0.15, -0.1) is 0 Å². The Hall–Kier alpha value is -2.95. The first kappa shape index (κ1) is 28.1. The second kappa shape index (κ2) is 11.0. The van der Waals surface area contributed by atoms with Crippen LogP contribution in [0.5, 0.6) is 0 Å². The zero-order valence-electron chi connectivity index (χ0n) is 21.2. The number of rotatable bonds is 5. The Morgan fingerprint density at radius 1 is 1.05 bits per heavy atom. The van der Waals surface area contributed by atoms with Crippen LogP contribution in [0.1, 0.15) is 42.6 Å². The van der Waals surface area contributed by atoms with Crippen LogP contribution in [0.25, 0.3) is 0 Å². The van der Waals surface area contributed by atoms with Crippen LogP contribution >= 0.6 is 11.6 Å². The van der Waals surface area contributed by atoms with E-state index in [1.54, 1.807) is 18.2 Å². The predicted molar refractivity (Wildman–Crippen MR) is 136 cm³/mol. The summed E-state index contributed by atoms with van der Waals surface area (Å²) >= 11 is 5.93. The lowest BCUT2D eigenvalue weighted by Gasteiger charge is -2.38. The molecule has 0 bridgehead atoms. The van der Waals surface area contributed by atoms with Crippen molar-refractivity contribution in [2.45, 2.75) is 45.5 Å². The summed E-state index contributed by atoms with van der Waals surface area (Å²) in [5.74, 6) is -3.93. The normalized spacial score (nSPS) is 21.2. The van der Waals surface area contributed by atoms with Gasteiger partial charge in [-0.2, -0.15) is 13.2 Å². The highest BCUT2D eigenvalue weighted by Gasteiger charge is 2.55. The average molecular weight is 553 g/mol. The van der Waals surface area contributed by atoms with E-state index in [1.807, 2.05) is 0 Å². The zero-order chi connectivity index (χ0) is 27.7. The Morgan fingerprint density at radius 3 is 2.29 bits per heavy atom. The molecule has 2 aromatic carbocycles. The van der Waals surface area contributed by atoms with Crippen LogP contribution in [0.2, 0.25) is 5.02 Å². The molecule has 0 saturated carbocycles. The van der Waals surface area contributed by atoms with Gasteiger partial charge in [-0.3, -0.25) is 9.63 Å². The lowest BCUT2D eigenvalue weighted by Crippen LogP contribution is -2.61. The van der Waals surface area contributed by atoms with Crippen molar-refractivity contribution in [3.05, 3.63) is 64.7 Å². The molecule has 11 heteroatoms. The fourth-order valence-corrected chi connectivity index (χ4v) is 5.26. The second-order valence-electron chi connectivity index (χ2n) is 10.1. The number of hydrogen-bond acceptors (Lipinski definition) is 5. The molecule has 4 rings (SSSR count). The van der Waals surface area contributed by atoms with Gasteiger partial charge in [0.05, 0.1) is 6.54 Å². The first-order valence-corrected chi connectivity index (χ1v) is 12.9. The van der Waals surface area contributed by atoms with Crippen LogP contribution in [0.3, 0.4) is 0 Å². The van der Waals surface area contributed by atoms with E-state index < -0.39 is 35.2 Å². The number of hydroxylamine groups is 2. The van der Waals surface area contributed by atoms with E-state index in [1.165, 1.54) is 35.2 Å². The number of carbonyl (C=O) groups excluding carboxylic acids is 3.